The van der Waals surface area contributed by atoms with Crippen LogP contribution in [0.25, 0.3) is 16.3 Å². The second kappa shape index (κ2) is 9.84. The van der Waals surface area contributed by atoms with Crippen molar-refractivity contribution in [2.75, 3.05) is 45.8 Å². The summed E-state index contributed by atoms with van der Waals surface area (Å²) in [6.45, 7) is 7.75. The van der Waals surface area contributed by atoms with Gasteiger partial charge in [-0.1, -0.05) is 54.6 Å². The monoisotopic (exact) mass is 486 g/mol. The molecule has 1 spiro atoms. The Morgan fingerprint density at radius 3 is 2.46 bits per heavy atom. The Morgan fingerprint density at radius 2 is 1.69 bits per heavy atom. The number of carbonyl (C=O) groups excluding carboxylic acids is 1. The first kappa shape index (κ1) is 22.9. The first-order chi connectivity index (χ1) is 17.2. The van der Waals surface area contributed by atoms with Crippen LogP contribution in [0.5, 0.6) is 0 Å². The molecule has 2 aliphatic heterocycles. The number of aromatic nitrogens is 1. The van der Waals surface area contributed by atoms with Crippen molar-refractivity contribution in [2.45, 2.75) is 25.8 Å². The van der Waals surface area contributed by atoms with E-state index in [1.165, 1.54) is 15.3 Å². The highest BCUT2D eigenvalue weighted by atomic mass is 32.1. The van der Waals surface area contributed by atoms with E-state index >= 15 is 0 Å². The molecule has 6 rings (SSSR count). The summed E-state index contributed by atoms with van der Waals surface area (Å²) < 4.78 is 1.27. The van der Waals surface area contributed by atoms with Crippen LogP contribution in [-0.2, 0) is 11.3 Å². The van der Waals surface area contributed by atoms with Crippen molar-refractivity contribution in [1.82, 2.24) is 19.7 Å². The third-order valence-corrected chi connectivity index (χ3v) is 9.22. The van der Waals surface area contributed by atoms with Crippen molar-refractivity contribution in [3.05, 3.63) is 71.2 Å². The topological polar surface area (TPSA) is 39.7 Å². The van der Waals surface area contributed by atoms with E-state index in [1.54, 1.807) is 0 Å². The maximum atomic E-state index is 13.3. The van der Waals surface area contributed by atoms with Crippen LogP contribution in [0.1, 0.15) is 29.8 Å². The fraction of sp³-hybridized carbons (Fsp3) is 0.448. The van der Waals surface area contributed by atoms with Crippen molar-refractivity contribution < 1.29 is 4.79 Å². The van der Waals surface area contributed by atoms with Gasteiger partial charge in [0.25, 0.3) is 0 Å². The number of nitrogens with zero attached hydrogens (tertiary/aromatic N) is 4. The summed E-state index contributed by atoms with van der Waals surface area (Å²) >= 11 is 1.81. The molecule has 0 N–H and O–H groups in total. The van der Waals surface area contributed by atoms with Crippen LogP contribution in [0.15, 0.2) is 60.7 Å². The maximum absolute atomic E-state index is 13.3. The Kier molecular flexibility index (Phi) is 6.44. The number of piperidine rings is 1. The number of benzene rings is 2. The van der Waals surface area contributed by atoms with E-state index in [2.05, 4.69) is 75.4 Å². The van der Waals surface area contributed by atoms with Gasteiger partial charge >= 0.3 is 0 Å². The number of rotatable bonds is 6. The molecule has 3 aromatic rings. The summed E-state index contributed by atoms with van der Waals surface area (Å²) in [6.07, 6.45) is 7.83. The summed E-state index contributed by atoms with van der Waals surface area (Å²) in [5, 5.41) is 1.21. The van der Waals surface area contributed by atoms with Crippen LogP contribution >= 0.6 is 11.3 Å². The van der Waals surface area contributed by atoms with E-state index in [1.807, 2.05) is 17.4 Å². The van der Waals surface area contributed by atoms with Crippen molar-refractivity contribution in [3.8, 4) is 0 Å². The second-order valence-electron chi connectivity index (χ2n) is 10.4. The third kappa shape index (κ3) is 5.06. The minimum atomic E-state index is 0.261. The van der Waals surface area contributed by atoms with E-state index in [0.717, 1.165) is 77.1 Å². The van der Waals surface area contributed by atoms with E-state index < -0.39 is 0 Å². The highest BCUT2D eigenvalue weighted by Crippen LogP contribution is 2.60. The number of piperazine rings is 1. The molecule has 3 fully saturated rings. The van der Waals surface area contributed by atoms with Crippen molar-refractivity contribution in [3.63, 3.8) is 0 Å². The van der Waals surface area contributed by atoms with Crippen LogP contribution < -0.4 is 0 Å². The zero-order valence-corrected chi connectivity index (χ0v) is 21.1. The Morgan fingerprint density at radius 1 is 0.943 bits per heavy atom. The molecular weight excluding hydrogens is 452 g/mol. The zero-order chi connectivity index (χ0) is 23.7. The predicted molar refractivity (Wildman–Crippen MR) is 143 cm³/mol. The summed E-state index contributed by atoms with van der Waals surface area (Å²) in [5.41, 5.74) is 2.63. The average molecular weight is 487 g/mol. The molecule has 182 valence electrons. The molecule has 2 saturated heterocycles. The van der Waals surface area contributed by atoms with E-state index in [4.69, 9.17) is 4.98 Å². The third-order valence-electron chi connectivity index (χ3n) is 8.19. The molecule has 5 nitrogen and oxygen atoms in total. The molecule has 1 aliphatic carbocycles. The second-order valence-corrected chi connectivity index (χ2v) is 11.5. The number of carbonyl (C=O) groups is 1. The van der Waals surface area contributed by atoms with Crippen LogP contribution in [0, 0.1) is 11.3 Å². The molecule has 1 saturated carbocycles. The van der Waals surface area contributed by atoms with Gasteiger partial charge in [-0.05, 0) is 55.5 Å². The molecule has 3 heterocycles. The number of hydrogen-bond donors (Lipinski definition) is 0. The summed E-state index contributed by atoms with van der Waals surface area (Å²) in [6, 6.07) is 18.8. The first-order valence-electron chi connectivity index (χ1n) is 13.0. The highest BCUT2D eigenvalue weighted by molar-refractivity contribution is 7.18. The lowest BCUT2D eigenvalue weighted by Crippen LogP contribution is -2.49. The van der Waals surface area contributed by atoms with Gasteiger partial charge in [0, 0.05) is 38.6 Å². The molecular formula is C29H34N4OS. The minimum absolute atomic E-state index is 0.261. The van der Waals surface area contributed by atoms with Gasteiger partial charge in [0.15, 0.2) is 0 Å². The molecule has 6 heteroatoms. The quantitative estimate of drug-likeness (QED) is 0.504. The van der Waals surface area contributed by atoms with Gasteiger partial charge in [-0.3, -0.25) is 14.6 Å². The maximum Gasteiger partial charge on any atom is 0.226 e. The fourth-order valence-electron chi connectivity index (χ4n) is 5.86. The lowest BCUT2D eigenvalue weighted by Gasteiger charge is -2.36. The van der Waals surface area contributed by atoms with E-state index in [9.17, 15) is 4.79 Å². The lowest BCUT2D eigenvalue weighted by molar-refractivity contribution is -0.135. The van der Waals surface area contributed by atoms with Gasteiger partial charge in [-0.2, -0.15) is 0 Å². The Labute approximate surface area is 212 Å². The number of likely N-dealkylation sites (tertiary alicyclic amines) is 1. The van der Waals surface area contributed by atoms with Gasteiger partial charge in [0.1, 0.15) is 5.01 Å². The normalized spacial score (nSPS) is 22.9. The number of fused-ring (bicyclic) bond motifs is 1. The van der Waals surface area contributed by atoms with Crippen LogP contribution in [0.4, 0.5) is 0 Å². The molecule has 1 atom stereocenters. The van der Waals surface area contributed by atoms with Crippen molar-refractivity contribution >= 4 is 33.5 Å². The smallest absolute Gasteiger partial charge is 0.226 e. The Bertz CT molecular complexity index is 1160. The molecule has 0 radical (unpaired) electrons. The van der Waals surface area contributed by atoms with E-state index in [0.29, 0.717) is 5.91 Å². The van der Waals surface area contributed by atoms with Crippen LogP contribution in [0.2, 0.25) is 0 Å². The first-order valence-corrected chi connectivity index (χ1v) is 13.8. The summed E-state index contributed by atoms with van der Waals surface area (Å²) in [4.78, 5) is 25.2. The Hall–Kier alpha value is -2.54. The standard InChI is InChI=1S/C29H34N4OS/c34-28(33-19-17-31(18-20-33)14-6-9-23-7-2-1-3-8-23)24-21-29(24)12-15-32(16-13-29)22-27-30-25-10-4-5-11-26(25)35-27/h1-11,24H,12-22H2. The molecule has 1 aromatic heterocycles. The van der Waals surface area contributed by atoms with Gasteiger partial charge in [0.05, 0.1) is 16.8 Å². The van der Waals surface area contributed by atoms with E-state index in [-0.39, 0.29) is 11.3 Å². The predicted octanol–water partition coefficient (Wildman–Crippen LogP) is 4.76. The largest absolute Gasteiger partial charge is 0.340 e. The zero-order valence-electron chi connectivity index (χ0n) is 20.3. The number of para-hydroxylation sites is 1. The van der Waals surface area contributed by atoms with Crippen molar-refractivity contribution in [2.24, 2.45) is 11.3 Å². The number of thiazole rings is 1. The summed E-state index contributed by atoms with van der Waals surface area (Å²) in [5.74, 6) is 0.681. The van der Waals surface area contributed by atoms with Crippen LogP contribution in [0.3, 0.4) is 0 Å². The number of amides is 1. The molecule has 2 aromatic carbocycles. The molecule has 0 bridgehead atoms. The lowest BCUT2D eigenvalue weighted by atomic mass is 9.90. The molecule has 1 unspecified atom stereocenters. The van der Waals surface area contributed by atoms with Gasteiger partial charge in [0.2, 0.25) is 5.91 Å². The van der Waals surface area contributed by atoms with Crippen molar-refractivity contribution in [1.29, 1.82) is 0 Å². The van der Waals surface area contributed by atoms with Gasteiger partial charge in [-0.15, -0.1) is 11.3 Å². The molecule has 35 heavy (non-hydrogen) atoms. The SMILES string of the molecule is O=C(C1CC12CCN(Cc1nc3ccccc3s1)CC2)N1CCN(CC=Cc2ccccc2)CC1. The Balaban J connectivity index is 0.948. The van der Waals surface area contributed by atoms with Crippen LogP contribution in [-0.4, -0.2) is 71.4 Å². The molecule has 1 amide bonds. The van der Waals surface area contributed by atoms with Gasteiger partial charge in [-0.25, -0.2) is 4.98 Å². The summed E-state index contributed by atoms with van der Waals surface area (Å²) in [7, 11) is 0. The van der Waals surface area contributed by atoms with Gasteiger partial charge < -0.3 is 4.90 Å². The highest BCUT2D eigenvalue weighted by Gasteiger charge is 2.59. The minimum Gasteiger partial charge on any atom is -0.340 e. The number of hydrogen-bond acceptors (Lipinski definition) is 5. The average Bonchev–Trinajstić information content (AvgIpc) is 3.44. The fourth-order valence-corrected chi connectivity index (χ4v) is 6.87. The molecule has 3 aliphatic rings.